The number of H-pyrrole nitrogens is 1. The largest absolute Gasteiger partial charge is 0.497 e. The van der Waals surface area contributed by atoms with Crippen LogP contribution < -0.4 is 14.8 Å². The highest BCUT2D eigenvalue weighted by molar-refractivity contribution is 5.98. The second-order valence-corrected chi connectivity index (χ2v) is 6.66. The highest BCUT2D eigenvalue weighted by atomic mass is 16.5. The van der Waals surface area contributed by atoms with E-state index in [0.29, 0.717) is 24.5 Å². The Morgan fingerprint density at radius 2 is 1.83 bits per heavy atom. The predicted molar refractivity (Wildman–Crippen MR) is 110 cm³/mol. The number of amides is 1. The lowest BCUT2D eigenvalue weighted by Crippen LogP contribution is -2.34. The minimum Gasteiger partial charge on any atom is -0.497 e. The molecule has 0 fully saturated rings. The van der Waals surface area contributed by atoms with Gasteiger partial charge in [0.05, 0.1) is 19.6 Å². The third kappa shape index (κ3) is 5.07. The van der Waals surface area contributed by atoms with E-state index in [9.17, 15) is 14.7 Å². The summed E-state index contributed by atoms with van der Waals surface area (Å²) in [6.45, 7) is 2.50. The average Bonchev–Trinajstić information content (AvgIpc) is 3.15. The predicted octanol–water partition coefficient (Wildman–Crippen LogP) is 3.25. The molecular weight excluding hydrogens is 372 g/mol. The first-order valence-corrected chi connectivity index (χ1v) is 9.39. The van der Waals surface area contributed by atoms with Gasteiger partial charge >= 0.3 is 5.97 Å². The van der Waals surface area contributed by atoms with Crippen LogP contribution in [0, 0.1) is 5.92 Å². The van der Waals surface area contributed by atoms with Gasteiger partial charge in [-0.2, -0.15) is 0 Å². The third-order valence-corrected chi connectivity index (χ3v) is 4.65. The van der Waals surface area contributed by atoms with Crippen LogP contribution in [0.1, 0.15) is 23.0 Å². The summed E-state index contributed by atoms with van der Waals surface area (Å²) >= 11 is 0. The number of carbonyl (C=O) groups is 2. The molecule has 7 nitrogen and oxygen atoms in total. The van der Waals surface area contributed by atoms with Crippen molar-refractivity contribution in [3.63, 3.8) is 0 Å². The van der Waals surface area contributed by atoms with Gasteiger partial charge in [0.15, 0.2) is 0 Å². The van der Waals surface area contributed by atoms with E-state index in [-0.39, 0.29) is 12.5 Å². The lowest BCUT2D eigenvalue weighted by Gasteiger charge is -2.13. The van der Waals surface area contributed by atoms with E-state index in [4.69, 9.17) is 9.47 Å². The smallest absolute Gasteiger partial charge is 0.308 e. The molecule has 0 bridgehead atoms. The number of benzene rings is 2. The van der Waals surface area contributed by atoms with Crippen molar-refractivity contribution < 1.29 is 24.2 Å². The Morgan fingerprint density at radius 3 is 2.48 bits per heavy atom. The molecule has 0 aliphatic heterocycles. The van der Waals surface area contributed by atoms with Crippen molar-refractivity contribution in [1.29, 1.82) is 0 Å². The highest BCUT2D eigenvalue weighted by Crippen LogP contribution is 2.21. The first-order chi connectivity index (χ1) is 14.0. The topological polar surface area (TPSA) is 101 Å². The summed E-state index contributed by atoms with van der Waals surface area (Å²) in [6, 6.07) is 14.5. The summed E-state index contributed by atoms with van der Waals surface area (Å²) < 4.78 is 10.6. The van der Waals surface area contributed by atoms with Gasteiger partial charge in [0.25, 0.3) is 5.91 Å². The zero-order chi connectivity index (χ0) is 20.8. The van der Waals surface area contributed by atoms with Crippen LogP contribution in [0.4, 0.5) is 0 Å². The molecule has 1 aromatic heterocycles. The minimum absolute atomic E-state index is 0.0278. The zero-order valence-corrected chi connectivity index (χ0v) is 16.4. The first kappa shape index (κ1) is 20.3. The molecule has 3 aromatic rings. The molecule has 1 atom stereocenters. The van der Waals surface area contributed by atoms with E-state index in [1.165, 1.54) is 0 Å². The van der Waals surface area contributed by atoms with E-state index >= 15 is 0 Å². The Hall–Kier alpha value is -3.48. The number of aromatic amines is 1. The molecule has 3 N–H and O–H groups in total. The number of rotatable bonds is 9. The van der Waals surface area contributed by atoms with Gasteiger partial charge in [0, 0.05) is 17.4 Å². The molecular formula is C22H24N2O5. The number of fused-ring (bicyclic) bond motifs is 1. The molecule has 152 valence electrons. The Balaban J connectivity index is 1.63. The summed E-state index contributed by atoms with van der Waals surface area (Å²) in [4.78, 5) is 27.2. The second kappa shape index (κ2) is 9.14. The van der Waals surface area contributed by atoms with Gasteiger partial charge in [0.2, 0.25) is 0 Å². The quantitative estimate of drug-likeness (QED) is 0.515. The Bertz CT molecular complexity index is 994. The summed E-state index contributed by atoms with van der Waals surface area (Å²) in [6.07, 6.45) is 0.311. The molecule has 1 unspecified atom stereocenters. The van der Waals surface area contributed by atoms with Crippen molar-refractivity contribution in [2.75, 3.05) is 20.3 Å². The Labute approximate surface area is 168 Å². The summed E-state index contributed by atoms with van der Waals surface area (Å²) in [5.74, 6) is -0.600. The van der Waals surface area contributed by atoms with E-state index in [1.54, 1.807) is 19.2 Å². The first-order valence-electron chi connectivity index (χ1n) is 9.39. The van der Waals surface area contributed by atoms with Crippen LogP contribution in [0.5, 0.6) is 11.5 Å². The standard InChI is InChI=1S/C22H24N2O5/c1-3-29-17-6-4-14(5-7-17)10-16(22(26)27)13-23-21(25)20-12-15-11-18(28-2)8-9-19(15)24-20/h4-9,11-12,16,24H,3,10,13H2,1-2H3,(H,23,25)(H,26,27). The zero-order valence-electron chi connectivity index (χ0n) is 16.4. The number of ether oxygens (including phenoxy) is 2. The number of hydrogen-bond donors (Lipinski definition) is 3. The maximum atomic E-state index is 12.5. The van der Waals surface area contributed by atoms with Crippen LogP contribution in [-0.2, 0) is 11.2 Å². The molecule has 2 aromatic carbocycles. The fourth-order valence-electron chi connectivity index (χ4n) is 3.09. The Morgan fingerprint density at radius 1 is 1.10 bits per heavy atom. The van der Waals surface area contributed by atoms with Gasteiger partial charge in [-0.1, -0.05) is 12.1 Å². The van der Waals surface area contributed by atoms with Crippen molar-refractivity contribution in [2.45, 2.75) is 13.3 Å². The summed E-state index contributed by atoms with van der Waals surface area (Å²) in [5.41, 5.74) is 2.05. The molecule has 1 amide bonds. The molecule has 7 heteroatoms. The Kier molecular flexibility index (Phi) is 6.39. The second-order valence-electron chi connectivity index (χ2n) is 6.66. The lowest BCUT2D eigenvalue weighted by molar-refractivity contribution is -0.141. The van der Waals surface area contributed by atoms with E-state index in [1.807, 2.05) is 43.3 Å². The van der Waals surface area contributed by atoms with Crippen LogP contribution >= 0.6 is 0 Å². The molecule has 0 radical (unpaired) electrons. The van der Waals surface area contributed by atoms with Gasteiger partial charge in [-0.25, -0.2) is 0 Å². The molecule has 0 saturated carbocycles. The fraction of sp³-hybridized carbons (Fsp3) is 0.273. The molecule has 3 rings (SSSR count). The van der Waals surface area contributed by atoms with Crippen LogP contribution in [0.2, 0.25) is 0 Å². The molecule has 0 aliphatic rings. The normalized spacial score (nSPS) is 11.8. The van der Waals surface area contributed by atoms with Gasteiger partial charge < -0.3 is 24.9 Å². The van der Waals surface area contributed by atoms with Crippen molar-refractivity contribution in [3.05, 3.63) is 59.8 Å². The van der Waals surface area contributed by atoms with Crippen LogP contribution in [0.25, 0.3) is 10.9 Å². The highest BCUT2D eigenvalue weighted by Gasteiger charge is 2.20. The molecule has 0 spiro atoms. The third-order valence-electron chi connectivity index (χ3n) is 4.65. The summed E-state index contributed by atoms with van der Waals surface area (Å²) in [5, 5.41) is 13.1. The molecule has 0 aliphatic carbocycles. The van der Waals surface area contributed by atoms with Crippen LogP contribution in [0.3, 0.4) is 0 Å². The number of nitrogens with one attached hydrogen (secondary N) is 2. The van der Waals surface area contributed by atoms with Crippen molar-refractivity contribution in [1.82, 2.24) is 10.3 Å². The monoisotopic (exact) mass is 396 g/mol. The molecule has 29 heavy (non-hydrogen) atoms. The van der Waals surface area contributed by atoms with E-state index < -0.39 is 11.9 Å². The molecule has 1 heterocycles. The van der Waals surface area contributed by atoms with Gasteiger partial charge in [0.1, 0.15) is 17.2 Å². The fourth-order valence-corrected chi connectivity index (χ4v) is 3.09. The van der Waals surface area contributed by atoms with Crippen molar-refractivity contribution >= 4 is 22.8 Å². The number of hydrogen-bond acceptors (Lipinski definition) is 4. The number of methoxy groups -OCH3 is 1. The van der Waals surface area contributed by atoms with E-state index in [2.05, 4.69) is 10.3 Å². The van der Waals surface area contributed by atoms with Gasteiger partial charge in [-0.3, -0.25) is 9.59 Å². The molecule has 0 saturated heterocycles. The van der Waals surface area contributed by atoms with Gasteiger partial charge in [-0.15, -0.1) is 0 Å². The van der Waals surface area contributed by atoms with Crippen LogP contribution in [0.15, 0.2) is 48.5 Å². The average molecular weight is 396 g/mol. The number of carboxylic acid groups (broad SMARTS) is 1. The lowest BCUT2D eigenvalue weighted by atomic mass is 9.99. The van der Waals surface area contributed by atoms with Crippen molar-refractivity contribution in [3.8, 4) is 11.5 Å². The van der Waals surface area contributed by atoms with E-state index in [0.717, 1.165) is 22.2 Å². The number of carbonyl (C=O) groups excluding carboxylic acids is 1. The maximum absolute atomic E-state index is 12.5. The number of carboxylic acids is 1. The maximum Gasteiger partial charge on any atom is 0.308 e. The summed E-state index contributed by atoms with van der Waals surface area (Å²) in [7, 11) is 1.58. The van der Waals surface area contributed by atoms with Gasteiger partial charge in [-0.05, 0) is 55.3 Å². The number of aromatic nitrogens is 1. The number of aliphatic carboxylic acids is 1. The SMILES string of the molecule is CCOc1ccc(CC(CNC(=O)c2cc3cc(OC)ccc3[nH]2)C(=O)O)cc1. The van der Waals surface area contributed by atoms with Crippen LogP contribution in [-0.4, -0.2) is 42.2 Å². The van der Waals surface area contributed by atoms with Crippen molar-refractivity contribution in [2.24, 2.45) is 5.92 Å². The minimum atomic E-state index is -0.958.